The minimum absolute atomic E-state index is 0.0990. The molecule has 0 radical (unpaired) electrons. The third-order valence-corrected chi connectivity index (χ3v) is 3.27. The van der Waals surface area contributed by atoms with Crippen molar-refractivity contribution in [3.63, 3.8) is 0 Å². The molecule has 0 unspecified atom stereocenters. The van der Waals surface area contributed by atoms with Gasteiger partial charge in [0.2, 0.25) is 0 Å². The second-order valence-electron chi connectivity index (χ2n) is 2.52. The third kappa shape index (κ3) is 2.42. The predicted octanol–water partition coefficient (Wildman–Crippen LogP) is 1.57. The molecule has 0 fully saturated rings. The maximum absolute atomic E-state index is 11.2. The molecule has 5 heteroatoms. The minimum atomic E-state index is -3.30. The van der Waals surface area contributed by atoms with E-state index in [4.69, 9.17) is 5.26 Å². The molecule has 0 aliphatic heterocycles. The van der Waals surface area contributed by atoms with Crippen LogP contribution in [0.2, 0.25) is 0 Å². The Morgan fingerprint density at radius 1 is 1.46 bits per heavy atom. The SMILES string of the molecule is CS(=O)(=O)c1cc(I)ccc1C#N. The second kappa shape index (κ2) is 3.64. The van der Waals surface area contributed by atoms with Crippen LogP contribution in [0.4, 0.5) is 0 Å². The maximum atomic E-state index is 11.2. The van der Waals surface area contributed by atoms with Gasteiger partial charge >= 0.3 is 0 Å². The number of sulfone groups is 1. The van der Waals surface area contributed by atoms with Gasteiger partial charge in [-0.25, -0.2) is 8.42 Å². The summed E-state index contributed by atoms with van der Waals surface area (Å²) in [6.45, 7) is 0. The molecular weight excluding hydrogens is 301 g/mol. The Hall–Kier alpha value is -0.610. The molecule has 0 heterocycles. The van der Waals surface area contributed by atoms with Crippen molar-refractivity contribution >= 4 is 32.4 Å². The van der Waals surface area contributed by atoms with Crippen molar-refractivity contribution in [2.45, 2.75) is 4.90 Å². The number of benzene rings is 1. The molecule has 0 spiro atoms. The third-order valence-electron chi connectivity index (χ3n) is 1.46. The summed E-state index contributed by atoms with van der Waals surface area (Å²) in [6, 6.07) is 6.56. The fourth-order valence-electron chi connectivity index (χ4n) is 0.895. The van der Waals surface area contributed by atoms with Crippen LogP contribution in [0.3, 0.4) is 0 Å². The van der Waals surface area contributed by atoms with Gasteiger partial charge in [-0.05, 0) is 40.8 Å². The first-order chi connectivity index (χ1) is 5.95. The summed E-state index contributed by atoms with van der Waals surface area (Å²) in [6.07, 6.45) is 1.10. The molecule has 0 aromatic heterocycles. The fraction of sp³-hybridized carbons (Fsp3) is 0.125. The average molecular weight is 307 g/mol. The summed E-state index contributed by atoms with van der Waals surface area (Å²) < 4.78 is 23.2. The minimum Gasteiger partial charge on any atom is -0.224 e. The van der Waals surface area contributed by atoms with E-state index in [1.165, 1.54) is 12.1 Å². The van der Waals surface area contributed by atoms with Crippen molar-refractivity contribution < 1.29 is 8.42 Å². The lowest BCUT2D eigenvalue weighted by molar-refractivity contribution is 0.601. The summed E-state index contributed by atoms with van der Waals surface area (Å²) in [5, 5.41) is 8.66. The van der Waals surface area contributed by atoms with Gasteiger partial charge in [0.25, 0.3) is 0 Å². The Kier molecular flexibility index (Phi) is 2.93. The van der Waals surface area contributed by atoms with Gasteiger partial charge in [-0.2, -0.15) is 5.26 Å². The van der Waals surface area contributed by atoms with Crippen LogP contribution < -0.4 is 0 Å². The molecule has 0 aliphatic carbocycles. The molecule has 0 N–H and O–H groups in total. The molecule has 1 rings (SSSR count). The lowest BCUT2D eigenvalue weighted by Gasteiger charge is -2.00. The topological polar surface area (TPSA) is 57.9 Å². The Balaban J connectivity index is 3.53. The van der Waals surface area contributed by atoms with Crippen LogP contribution >= 0.6 is 22.6 Å². The number of hydrogen-bond acceptors (Lipinski definition) is 3. The smallest absolute Gasteiger partial charge is 0.176 e. The maximum Gasteiger partial charge on any atom is 0.176 e. The molecule has 0 saturated heterocycles. The van der Waals surface area contributed by atoms with E-state index < -0.39 is 9.84 Å². The Morgan fingerprint density at radius 2 is 2.08 bits per heavy atom. The molecule has 0 aliphatic rings. The largest absolute Gasteiger partial charge is 0.224 e. The van der Waals surface area contributed by atoms with E-state index in [1.807, 2.05) is 28.7 Å². The number of halogens is 1. The van der Waals surface area contributed by atoms with E-state index in [0.29, 0.717) is 0 Å². The molecule has 13 heavy (non-hydrogen) atoms. The van der Waals surface area contributed by atoms with Crippen molar-refractivity contribution in [3.8, 4) is 6.07 Å². The van der Waals surface area contributed by atoms with E-state index in [-0.39, 0.29) is 10.5 Å². The highest BCUT2D eigenvalue weighted by Gasteiger charge is 2.12. The molecule has 3 nitrogen and oxygen atoms in total. The Labute approximate surface area is 90.4 Å². The molecule has 0 saturated carbocycles. The molecule has 0 amide bonds. The summed E-state index contributed by atoms with van der Waals surface area (Å²) in [7, 11) is -3.30. The van der Waals surface area contributed by atoms with E-state index in [0.717, 1.165) is 9.83 Å². The highest BCUT2D eigenvalue weighted by Crippen LogP contribution is 2.17. The zero-order valence-corrected chi connectivity index (χ0v) is 9.76. The first-order valence-electron chi connectivity index (χ1n) is 3.35. The van der Waals surface area contributed by atoms with Crippen LogP contribution in [-0.4, -0.2) is 14.7 Å². The Morgan fingerprint density at radius 3 is 2.54 bits per heavy atom. The van der Waals surface area contributed by atoms with Crippen LogP contribution in [0.15, 0.2) is 23.1 Å². The standard InChI is InChI=1S/C8H6INO2S/c1-13(11,12)8-4-7(9)3-2-6(8)5-10/h2-4H,1H3. The van der Waals surface area contributed by atoms with Gasteiger partial charge in [-0.15, -0.1) is 0 Å². The summed E-state index contributed by atoms with van der Waals surface area (Å²) in [5.74, 6) is 0. The molecular formula is C8H6INO2S. The van der Waals surface area contributed by atoms with E-state index >= 15 is 0 Å². The number of hydrogen-bond donors (Lipinski definition) is 0. The van der Waals surface area contributed by atoms with Crippen molar-refractivity contribution in [1.29, 1.82) is 5.26 Å². The van der Waals surface area contributed by atoms with Gasteiger partial charge < -0.3 is 0 Å². The molecule has 0 bridgehead atoms. The lowest BCUT2D eigenvalue weighted by atomic mass is 10.2. The van der Waals surface area contributed by atoms with E-state index in [1.54, 1.807) is 6.07 Å². The van der Waals surface area contributed by atoms with Gasteiger partial charge in [0.15, 0.2) is 9.84 Å². The monoisotopic (exact) mass is 307 g/mol. The van der Waals surface area contributed by atoms with Crippen molar-refractivity contribution in [3.05, 3.63) is 27.3 Å². The number of nitrogens with zero attached hydrogens (tertiary/aromatic N) is 1. The van der Waals surface area contributed by atoms with Gasteiger partial charge in [-0.3, -0.25) is 0 Å². The summed E-state index contributed by atoms with van der Waals surface area (Å²) in [4.78, 5) is 0.0990. The highest BCUT2D eigenvalue weighted by molar-refractivity contribution is 14.1. The normalized spacial score (nSPS) is 10.8. The average Bonchev–Trinajstić information content (AvgIpc) is 2.03. The van der Waals surface area contributed by atoms with Crippen LogP contribution in [-0.2, 0) is 9.84 Å². The summed E-state index contributed by atoms with van der Waals surface area (Å²) >= 11 is 2.00. The van der Waals surface area contributed by atoms with Gasteiger partial charge in [0, 0.05) is 9.83 Å². The highest BCUT2D eigenvalue weighted by atomic mass is 127. The van der Waals surface area contributed by atoms with Crippen molar-refractivity contribution in [2.24, 2.45) is 0 Å². The molecule has 0 atom stereocenters. The first kappa shape index (κ1) is 10.5. The van der Waals surface area contributed by atoms with Crippen LogP contribution in [0, 0.1) is 14.9 Å². The molecule has 1 aromatic carbocycles. The van der Waals surface area contributed by atoms with Gasteiger partial charge in [-0.1, -0.05) is 0 Å². The second-order valence-corrected chi connectivity index (χ2v) is 5.75. The Bertz CT molecular complexity index is 473. The van der Waals surface area contributed by atoms with Gasteiger partial charge in [0.05, 0.1) is 10.5 Å². The first-order valence-corrected chi connectivity index (χ1v) is 6.32. The number of rotatable bonds is 1. The summed E-state index contributed by atoms with van der Waals surface area (Å²) in [5.41, 5.74) is 0.197. The van der Waals surface area contributed by atoms with Crippen LogP contribution in [0.25, 0.3) is 0 Å². The number of nitriles is 1. The molecule has 1 aromatic rings. The fourth-order valence-corrected chi connectivity index (χ4v) is 2.45. The quantitative estimate of drug-likeness (QED) is 0.740. The molecule has 68 valence electrons. The van der Waals surface area contributed by atoms with Crippen LogP contribution in [0.5, 0.6) is 0 Å². The zero-order valence-electron chi connectivity index (χ0n) is 6.78. The van der Waals surface area contributed by atoms with Crippen molar-refractivity contribution in [2.75, 3.05) is 6.26 Å². The lowest BCUT2D eigenvalue weighted by Crippen LogP contribution is -2.00. The van der Waals surface area contributed by atoms with Crippen molar-refractivity contribution in [1.82, 2.24) is 0 Å². The zero-order chi connectivity index (χ0) is 10.1. The van der Waals surface area contributed by atoms with E-state index in [9.17, 15) is 8.42 Å². The predicted molar refractivity (Wildman–Crippen MR) is 57.0 cm³/mol. The van der Waals surface area contributed by atoms with E-state index in [2.05, 4.69) is 0 Å². The van der Waals surface area contributed by atoms with Gasteiger partial charge in [0.1, 0.15) is 6.07 Å². The van der Waals surface area contributed by atoms with Crippen LogP contribution in [0.1, 0.15) is 5.56 Å².